The Bertz CT molecular complexity index is 937. The molecule has 3 unspecified atom stereocenters. The van der Waals surface area contributed by atoms with Crippen molar-refractivity contribution in [3.8, 4) is 0 Å². The van der Waals surface area contributed by atoms with E-state index in [2.05, 4.69) is 0 Å². The normalized spacial score (nSPS) is 28.1. The van der Waals surface area contributed by atoms with Crippen LogP contribution in [-0.2, 0) is 10.0 Å². The molecule has 1 aliphatic carbocycles. The number of fused-ring (bicyclic) bond motifs is 2. The zero-order valence-corrected chi connectivity index (χ0v) is 14.0. The maximum Gasteiger partial charge on any atom is 0.336 e. The van der Waals surface area contributed by atoms with Crippen LogP contribution >= 0.6 is 0 Å². The van der Waals surface area contributed by atoms with E-state index in [1.165, 1.54) is 12.1 Å². The Labute approximate surface area is 140 Å². The third-order valence-electron chi connectivity index (χ3n) is 5.35. The van der Waals surface area contributed by atoms with E-state index in [1.54, 1.807) is 22.5 Å². The van der Waals surface area contributed by atoms with Gasteiger partial charge in [-0.1, -0.05) is 6.42 Å². The van der Waals surface area contributed by atoms with E-state index >= 15 is 0 Å². The summed E-state index contributed by atoms with van der Waals surface area (Å²) in [6, 6.07) is 7.58. The van der Waals surface area contributed by atoms with Gasteiger partial charge in [0.1, 0.15) is 5.58 Å². The summed E-state index contributed by atoms with van der Waals surface area (Å²) in [4.78, 5) is 11.5. The third kappa shape index (κ3) is 2.56. The largest absolute Gasteiger partial charge is 0.423 e. The van der Waals surface area contributed by atoms with Gasteiger partial charge < -0.3 is 10.2 Å². The van der Waals surface area contributed by atoms with Crippen LogP contribution < -0.4 is 11.4 Å². The van der Waals surface area contributed by atoms with E-state index in [1.807, 2.05) is 0 Å². The van der Waals surface area contributed by atoms with Gasteiger partial charge in [-0.25, -0.2) is 13.2 Å². The van der Waals surface area contributed by atoms with E-state index < -0.39 is 15.6 Å². The van der Waals surface area contributed by atoms with Crippen molar-refractivity contribution in [3.05, 3.63) is 40.8 Å². The minimum atomic E-state index is -3.56. The highest BCUT2D eigenvalue weighted by Crippen LogP contribution is 2.38. The van der Waals surface area contributed by atoms with Crippen molar-refractivity contribution in [2.75, 3.05) is 13.1 Å². The van der Waals surface area contributed by atoms with Crippen LogP contribution in [0.3, 0.4) is 0 Å². The van der Waals surface area contributed by atoms with Gasteiger partial charge in [0.05, 0.1) is 4.90 Å². The highest BCUT2D eigenvalue weighted by Gasteiger charge is 2.43. The molecule has 128 valence electrons. The first kappa shape index (κ1) is 15.8. The van der Waals surface area contributed by atoms with Crippen LogP contribution in [0.4, 0.5) is 0 Å². The first-order valence-corrected chi connectivity index (χ1v) is 9.69. The van der Waals surface area contributed by atoms with Crippen molar-refractivity contribution < 1.29 is 12.8 Å². The summed E-state index contributed by atoms with van der Waals surface area (Å²) in [6.07, 6.45) is 3.10. The van der Waals surface area contributed by atoms with Gasteiger partial charge in [-0.3, -0.25) is 0 Å². The number of hydrogen-bond acceptors (Lipinski definition) is 5. The molecule has 7 heteroatoms. The summed E-state index contributed by atoms with van der Waals surface area (Å²) in [5.41, 5.74) is 6.13. The highest BCUT2D eigenvalue weighted by atomic mass is 32.2. The highest BCUT2D eigenvalue weighted by molar-refractivity contribution is 7.89. The van der Waals surface area contributed by atoms with Gasteiger partial charge in [-0.2, -0.15) is 4.31 Å². The fourth-order valence-electron chi connectivity index (χ4n) is 4.03. The van der Waals surface area contributed by atoms with Crippen molar-refractivity contribution in [1.82, 2.24) is 4.31 Å². The second kappa shape index (κ2) is 5.68. The molecule has 1 aromatic heterocycles. The van der Waals surface area contributed by atoms with E-state index in [0.29, 0.717) is 30.0 Å². The number of hydrogen-bond donors (Lipinski definition) is 1. The summed E-state index contributed by atoms with van der Waals surface area (Å²) in [6.45, 7) is 1.04. The van der Waals surface area contributed by atoms with Crippen molar-refractivity contribution in [3.63, 3.8) is 0 Å². The molecule has 0 amide bonds. The number of rotatable bonds is 2. The number of nitrogens with zero attached hydrogens (tertiary/aromatic N) is 1. The van der Waals surface area contributed by atoms with E-state index in [4.69, 9.17) is 10.2 Å². The molecule has 0 radical (unpaired) electrons. The van der Waals surface area contributed by atoms with Crippen LogP contribution in [0.25, 0.3) is 11.0 Å². The first-order chi connectivity index (χ1) is 11.4. The predicted molar refractivity (Wildman–Crippen MR) is 90.0 cm³/mol. The summed E-state index contributed by atoms with van der Waals surface area (Å²) < 4.78 is 32.6. The van der Waals surface area contributed by atoms with Gasteiger partial charge in [0.25, 0.3) is 0 Å². The van der Waals surface area contributed by atoms with Crippen LogP contribution in [0.2, 0.25) is 0 Å². The van der Waals surface area contributed by atoms with Gasteiger partial charge >= 0.3 is 5.63 Å². The topological polar surface area (TPSA) is 93.6 Å². The SMILES string of the molecule is NC1CCCC2CN(S(=O)(=O)c3ccc4oc(=O)ccc4c3)CC12. The predicted octanol–water partition coefficient (Wildman–Crippen LogP) is 1.54. The zero-order valence-electron chi connectivity index (χ0n) is 13.2. The fraction of sp³-hybridized carbons (Fsp3) is 0.471. The minimum Gasteiger partial charge on any atom is -0.423 e. The quantitative estimate of drug-likeness (QED) is 0.831. The summed E-state index contributed by atoms with van der Waals surface area (Å²) in [5, 5.41) is 0.601. The van der Waals surface area contributed by atoms with Crippen LogP contribution in [0.5, 0.6) is 0 Å². The Kier molecular flexibility index (Phi) is 3.74. The molecule has 2 heterocycles. The Morgan fingerprint density at radius 2 is 1.96 bits per heavy atom. The van der Waals surface area contributed by atoms with Crippen molar-refractivity contribution in [1.29, 1.82) is 0 Å². The number of sulfonamides is 1. The van der Waals surface area contributed by atoms with Crippen LogP contribution in [-0.4, -0.2) is 31.9 Å². The summed E-state index contributed by atoms with van der Waals surface area (Å²) >= 11 is 0. The molecular weight excluding hydrogens is 328 g/mol. The molecule has 2 aliphatic rings. The molecule has 2 aromatic rings. The zero-order chi connectivity index (χ0) is 16.9. The molecule has 1 saturated heterocycles. The van der Waals surface area contributed by atoms with Gasteiger partial charge in [0.2, 0.25) is 10.0 Å². The Hall–Kier alpha value is -1.70. The summed E-state index contributed by atoms with van der Waals surface area (Å²) in [7, 11) is -3.56. The molecule has 0 bridgehead atoms. The molecule has 1 aliphatic heterocycles. The molecule has 2 N–H and O–H groups in total. The lowest BCUT2D eigenvalue weighted by Gasteiger charge is -2.29. The third-order valence-corrected chi connectivity index (χ3v) is 7.18. The van der Waals surface area contributed by atoms with E-state index in [9.17, 15) is 13.2 Å². The van der Waals surface area contributed by atoms with Gasteiger partial charge in [0.15, 0.2) is 0 Å². The van der Waals surface area contributed by atoms with E-state index in [0.717, 1.165) is 19.3 Å². The molecular formula is C17H20N2O4S. The van der Waals surface area contributed by atoms with Crippen molar-refractivity contribution >= 4 is 21.0 Å². The lowest BCUT2D eigenvalue weighted by molar-refractivity contribution is 0.260. The smallest absolute Gasteiger partial charge is 0.336 e. The molecule has 3 atom stereocenters. The standard InChI is InChI=1S/C17H20N2O4S/c18-15-3-1-2-12-9-19(10-14(12)15)24(21,22)13-5-6-16-11(8-13)4-7-17(20)23-16/h4-8,12,14-15H,1-3,9-10,18H2. The second-order valence-corrected chi connectivity index (χ2v) is 8.73. The Balaban J connectivity index is 1.68. The Morgan fingerprint density at radius 3 is 2.75 bits per heavy atom. The van der Waals surface area contributed by atoms with Crippen molar-refractivity contribution in [2.45, 2.75) is 30.2 Å². The maximum absolute atomic E-state index is 13.0. The first-order valence-electron chi connectivity index (χ1n) is 8.25. The van der Waals surface area contributed by atoms with Gasteiger partial charge in [0, 0.05) is 30.6 Å². The lowest BCUT2D eigenvalue weighted by Crippen LogP contribution is -2.38. The summed E-state index contributed by atoms with van der Waals surface area (Å²) in [5.74, 6) is 0.619. The average Bonchev–Trinajstić information content (AvgIpc) is 3.01. The molecule has 4 rings (SSSR count). The number of nitrogens with two attached hydrogens (primary N) is 1. The van der Waals surface area contributed by atoms with Crippen LogP contribution in [0.15, 0.2) is 44.4 Å². The molecule has 6 nitrogen and oxygen atoms in total. The molecule has 1 aromatic carbocycles. The second-order valence-electron chi connectivity index (χ2n) is 6.79. The van der Waals surface area contributed by atoms with Crippen LogP contribution in [0.1, 0.15) is 19.3 Å². The molecule has 24 heavy (non-hydrogen) atoms. The van der Waals surface area contributed by atoms with Crippen molar-refractivity contribution in [2.24, 2.45) is 17.6 Å². The maximum atomic E-state index is 13.0. The Morgan fingerprint density at radius 1 is 1.12 bits per heavy atom. The van der Waals surface area contributed by atoms with Crippen LogP contribution in [0, 0.1) is 11.8 Å². The molecule has 2 fully saturated rings. The van der Waals surface area contributed by atoms with E-state index in [-0.39, 0.29) is 16.9 Å². The molecule has 1 saturated carbocycles. The number of benzene rings is 1. The van der Waals surface area contributed by atoms with Gasteiger partial charge in [-0.05, 0) is 48.9 Å². The minimum absolute atomic E-state index is 0.0924. The fourth-order valence-corrected chi connectivity index (χ4v) is 5.60. The molecule has 0 spiro atoms. The lowest BCUT2D eigenvalue weighted by atomic mass is 9.78. The average molecular weight is 348 g/mol. The monoisotopic (exact) mass is 348 g/mol. The van der Waals surface area contributed by atoms with Gasteiger partial charge in [-0.15, -0.1) is 0 Å².